The molecule has 1 aliphatic heterocycles. The topological polar surface area (TPSA) is 43.1 Å². The second-order valence-electron chi connectivity index (χ2n) is 6.50. The third-order valence-corrected chi connectivity index (χ3v) is 4.77. The molecule has 0 radical (unpaired) electrons. The zero-order valence-corrected chi connectivity index (χ0v) is 13.4. The molecule has 0 unspecified atom stereocenters. The van der Waals surface area contributed by atoms with E-state index in [1.807, 2.05) is 12.3 Å². The quantitative estimate of drug-likeness (QED) is 0.863. The molecule has 0 amide bonds. The lowest BCUT2D eigenvalue weighted by Gasteiger charge is -2.24. The molecule has 0 bridgehead atoms. The number of aliphatic imine (C=N–C) groups is 1. The van der Waals surface area contributed by atoms with Crippen molar-refractivity contribution >= 4 is 11.8 Å². The molecular weight excluding hydrogens is 284 g/mol. The van der Waals surface area contributed by atoms with Gasteiger partial charge in [-0.05, 0) is 61.4 Å². The Bertz CT molecular complexity index is 723. The van der Waals surface area contributed by atoms with Crippen LogP contribution < -0.4 is 0 Å². The van der Waals surface area contributed by atoms with Crippen molar-refractivity contribution in [1.29, 1.82) is 0 Å². The SMILES string of the molecule is C(=C1/CCCN=C1c1cccnc1)/c1ccn(CC2CCC2)n1. The summed E-state index contributed by atoms with van der Waals surface area (Å²) in [5, 5.41) is 4.72. The van der Waals surface area contributed by atoms with E-state index in [-0.39, 0.29) is 0 Å². The van der Waals surface area contributed by atoms with E-state index >= 15 is 0 Å². The number of hydrogen-bond donors (Lipinski definition) is 0. The first-order chi connectivity index (χ1) is 11.4. The first-order valence-electron chi connectivity index (χ1n) is 8.58. The van der Waals surface area contributed by atoms with Crippen molar-refractivity contribution in [2.24, 2.45) is 10.9 Å². The van der Waals surface area contributed by atoms with Crippen LogP contribution in [0.4, 0.5) is 0 Å². The Labute approximate surface area is 137 Å². The highest BCUT2D eigenvalue weighted by Crippen LogP contribution is 2.27. The molecule has 0 saturated heterocycles. The molecule has 2 aromatic heterocycles. The molecule has 1 aliphatic carbocycles. The summed E-state index contributed by atoms with van der Waals surface area (Å²) in [7, 11) is 0. The zero-order chi connectivity index (χ0) is 15.5. The number of aromatic nitrogens is 3. The third kappa shape index (κ3) is 3.26. The fourth-order valence-corrected chi connectivity index (χ4v) is 3.27. The fourth-order valence-electron chi connectivity index (χ4n) is 3.27. The normalized spacial score (nSPS) is 20.3. The lowest BCUT2D eigenvalue weighted by molar-refractivity contribution is 0.266. The smallest absolute Gasteiger partial charge is 0.0854 e. The Morgan fingerprint density at radius 2 is 2.17 bits per heavy atom. The van der Waals surface area contributed by atoms with Crippen molar-refractivity contribution in [2.75, 3.05) is 6.54 Å². The lowest BCUT2D eigenvalue weighted by Crippen LogP contribution is -2.18. The number of allylic oxidation sites excluding steroid dienone is 1. The Morgan fingerprint density at radius 3 is 2.96 bits per heavy atom. The van der Waals surface area contributed by atoms with Crippen molar-refractivity contribution in [3.05, 3.63) is 53.6 Å². The summed E-state index contributed by atoms with van der Waals surface area (Å²) in [5.41, 5.74) is 4.50. The molecule has 0 N–H and O–H groups in total. The summed E-state index contributed by atoms with van der Waals surface area (Å²) >= 11 is 0. The fraction of sp³-hybridized carbons (Fsp3) is 0.421. The molecule has 3 heterocycles. The van der Waals surface area contributed by atoms with Gasteiger partial charge in [0.1, 0.15) is 0 Å². The third-order valence-electron chi connectivity index (χ3n) is 4.77. The van der Waals surface area contributed by atoms with Crippen LogP contribution in [-0.4, -0.2) is 27.0 Å². The second-order valence-corrected chi connectivity index (χ2v) is 6.50. The molecule has 0 spiro atoms. The molecular formula is C19H22N4. The van der Waals surface area contributed by atoms with Gasteiger partial charge in [0.15, 0.2) is 0 Å². The maximum Gasteiger partial charge on any atom is 0.0854 e. The molecule has 0 aromatic carbocycles. The summed E-state index contributed by atoms with van der Waals surface area (Å²) in [4.78, 5) is 8.95. The molecule has 2 aliphatic rings. The number of pyridine rings is 1. The number of rotatable bonds is 4. The lowest BCUT2D eigenvalue weighted by atomic mass is 9.85. The molecule has 1 saturated carbocycles. The van der Waals surface area contributed by atoms with Crippen molar-refractivity contribution in [3.63, 3.8) is 0 Å². The first kappa shape index (κ1) is 14.4. The van der Waals surface area contributed by atoms with Gasteiger partial charge in [-0.1, -0.05) is 6.42 Å². The maximum atomic E-state index is 4.73. The van der Waals surface area contributed by atoms with E-state index in [2.05, 4.69) is 34.1 Å². The van der Waals surface area contributed by atoms with E-state index in [0.717, 1.165) is 48.8 Å². The van der Waals surface area contributed by atoms with Gasteiger partial charge >= 0.3 is 0 Å². The highest BCUT2D eigenvalue weighted by Gasteiger charge is 2.18. The average molecular weight is 306 g/mol. The van der Waals surface area contributed by atoms with Gasteiger partial charge in [0.2, 0.25) is 0 Å². The van der Waals surface area contributed by atoms with Crippen molar-refractivity contribution in [1.82, 2.24) is 14.8 Å². The Kier molecular flexibility index (Phi) is 4.05. The van der Waals surface area contributed by atoms with Gasteiger partial charge in [-0.2, -0.15) is 5.10 Å². The Hall–Kier alpha value is -2.23. The van der Waals surface area contributed by atoms with Crippen LogP contribution in [0.2, 0.25) is 0 Å². The standard InChI is InChI=1S/C19H22N4/c1-4-15(5-1)14-23-11-8-18(22-23)12-16-6-3-10-21-19(16)17-7-2-9-20-13-17/h2,7-9,11-13,15H,1,3-6,10,14H2/b16-12+. The van der Waals surface area contributed by atoms with Crippen LogP contribution >= 0.6 is 0 Å². The van der Waals surface area contributed by atoms with Crippen molar-refractivity contribution in [2.45, 2.75) is 38.6 Å². The minimum Gasteiger partial charge on any atom is -0.284 e. The van der Waals surface area contributed by atoms with Gasteiger partial charge in [0.25, 0.3) is 0 Å². The molecule has 0 atom stereocenters. The molecule has 118 valence electrons. The zero-order valence-electron chi connectivity index (χ0n) is 13.4. The summed E-state index contributed by atoms with van der Waals surface area (Å²) in [6.45, 7) is 1.96. The largest absolute Gasteiger partial charge is 0.284 e. The van der Waals surface area contributed by atoms with Crippen molar-refractivity contribution in [3.8, 4) is 0 Å². The maximum absolute atomic E-state index is 4.73. The van der Waals surface area contributed by atoms with Gasteiger partial charge in [0.05, 0.1) is 11.4 Å². The van der Waals surface area contributed by atoms with E-state index in [1.165, 1.54) is 24.8 Å². The molecule has 4 heteroatoms. The Balaban J connectivity index is 1.56. The number of nitrogens with zero attached hydrogens (tertiary/aromatic N) is 4. The second kappa shape index (κ2) is 6.49. The first-order valence-corrected chi connectivity index (χ1v) is 8.58. The molecule has 23 heavy (non-hydrogen) atoms. The van der Waals surface area contributed by atoms with E-state index in [4.69, 9.17) is 10.1 Å². The monoisotopic (exact) mass is 306 g/mol. The van der Waals surface area contributed by atoms with Gasteiger partial charge in [-0.25, -0.2) is 0 Å². The average Bonchev–Trinajstić information content (AvgIpc) is 3.00. The summed E-state index contributed by atoms with van der Waals surface area (Å²) in [5.74, 6) is 0.831. The van der Waals surface area contributed by atoms with Gasteiger partial charge in [-0.3, -0.25) is 14.7 Å². The van der Waals surface area contributed by atoms with Crippen LogP contribution in [0.25, 0.3) is 6.08 Å². The van der Waals surface area contributed by atoms with E-state index in [0.29, 0.717) is 0 Å². The Morgan fingerprint density at radius 1 is 1.22 bits per heavy atom. The van der Waals surface area contributed by atoms with Crippen molar-refractivity contribution < 1.29 is 0 Å². The molecule has 4 nitrogen and oxygen atoms in total. The predicted octanol–water partition coefficient (Wildman–Crippen LogP) is 3.74. The molecule has 2 aromatic rings. The molecule has 1 fully saturated rings. The number of hydrogen-bond acceptors (Lipinski definition) is 3. The summed E-state index contributed by atoms with van der Waals surface area (Å²) in [6, 6.07) is 6.17. The van der Waals surface area contributed by atoms with E-state index in [1.54, 1.807) is 6.20 Å². The van der Waals surface area contributed by atoms with Crippen LogP contribution in [-0.2, 0) is 6.54 Å². The summed E-state index contributed by atoms with van der Waals surface area (Å²) in [6.07, 6.45) is 14.3. The highest BCUT2D eigenvalue weighted by atomic mass is 15.3. The van der Waals surface area contributed by atoms with Crippen LogP contribution in [0.5, 0.6) is 0 Å². The predicted molar refractivity (Wildman–Crippen MR) is 92.4 cm³/mol. The van der Waals surface area contributed by atoms with Crippen LogP contribution in [0.3, 0.4) is 0 Å². The highest BCUT2D eigenvalue weighted by molar-refractivity contribution is 6.15. The van der Waals surface area contributed by atoms with E-state index < -0.39 is 0 Å². The van der Waals surface area contributed by atoms with Crippen LogP contribution in [0, 0.1) is 5.92 Å². The summed E-state index contributed by atoms with van der Waals surface area (Å²) < 4.78 is 2.10. The minimum absolute atomic E-state index is 0.831. The van der Waals surface area contributed by atoms with Gasteiger partial charge in [0, 0.05) is 37.2 Å². The van der Waals surface area contributed by atoms with Crippen LogP contribution in [0.15, 0.2) is 47.4 Å². The minimum atomic E-state index is 0.831. The van der Waals surface area contributed by atoms with Gasteiger partial charge < -0.3 is 0 Å². The van der Waals surface area contributed by atoms with E-state index in [9.17, 15) is 0 Å². The molecule has 4 rings (SSSR count). The van der Waals surface area contributed by atoms with Gasteiger partial charge in [-0.15, -0.1) is 0 Å². The van der Waals surface area contributed by atoms with Crippen LogP contribution in [0.1, 0.15) is 43.4 Å².